The third-order valence-corrected chi connectivity index (χ3v) is 5.59. The Labute approximate surface area is 197 Å². The Bertz CT molecular complexity index is 695. The van der Waals surface area contributed by atoms with Crippen molar-refractivity contribution in [3.8, 4) is 5.75 Å². The molecule has 0 N–H and O–H groups in total. The molecule has 0 heterocycles. The number of carbonyl (C=O) groups excluding carboxylic acids is 3. The van der Waals surface area contributed by atoms with E-state index < -0.39 is 37.2 Å². The van der Waals surface area contributed by atoms with Crippen LogP contribution in [-0.4, -0.2) is 48.7 Å². The monoisotopic (exact) mass is 741 g/mol. The zero-order valence-corrected chi connectivity index (χ0v) is 20.4. The fraction of sp³-hybridized carbons (Fsp3) is 0.357. The van der Waals surface area contributed by atoms with Crippen molar-refractivity contribution < 1.29 is 42.5 Å². The number of hydrogen-bond acceptors (Lipinski definition) is 8. The summed E-state index contributed by atoms with van der Waals surface area (Å²) in [5.74, 6) is -3.90. The lowest BCUT2D eigenvalue weighted by atomic mass is 10.3. The number of carbonyl (C=O) groups is 3. The molecule has 0 bridgehead atoms. The van der Waals surface area contributed by atoms with Crippen molar-refractivity contribution >= 4 is 97.4 Å². The van der Waals surface area contributed by atoms with E-state index in [1.54, 1.807) is 0 Å². The van der Waals surface area contributed by atoms with Crippen molar-refractivity contribution in [3.05, 3.63) is 22.8 Å². The molecule has 0 saturated heterocycles. The van der Waals surface area contributed by atoms with Crippen LogP contribution in [0.2, 0.25) is 0 Å². The highest BCUT2D eigenvalue weighted by atomic mass is 127. The lowest BCUT2D eigenvalue weighted by molar-refractivity contribution is -0.363. The summed E-state index contributed by atoms with van der Waals surface area (Å²) < 4.78 is 41.2. The van der Waals surface area contributed by atoms with E-state index in [4.69, 9.17) is 4.74 Å². The van der Waals surface area contributed by atoms with Gasteiger partial charge in [0.2, 0.25) is 0 Å². The zero-order chi connectivity index (χ0) is 20.6. The summed E-state index contributed by atoms with van der Waals surface area (Å²) in [6, 6.07) is 3.70. The molecule has 0 unspecified atom stereocenters. The quantitative estimate of drug-likeness (QED) is 0.156. The minimum Gasteiger partial charge on any atom is -0.542 e. The van der Waals surface area contributed by atoms with Crippen LogP contribution in [0.3, 0.4) is 0 Å². The number of benzene rings is 1. The lowest BCUT2D eigenvalue weighted by Gasteiger charge is -2.16. The van der Waals surface area contributed by atoms with Gasteiger partial charge in [0.05, 0.1) is 25.3 Å². The highest BCUT2D eigenvalue weighted by molar-refractivity contribution is 14.1. The maximum absolute atomic E-state index is 12.5. The molecule has 150 valence electrons. The van der Waals surface area contributed by atoms with Crippen LogP contribution in [0.15, 0.2) is 12.1 Å². The molecule has 0 aromatic heterocycles. The number of rotatable bonds is 10. The molecule has 0 aliphatic heterocycles. The van der Waals surface area contributed by atoms with Gasteiger partial charge in [-0.25, -0.2) is 0 Å². The maximum Gasteiger partial charge on any atom is 0.397 e. The summed E-state index contributed by atoms with van der Waals surface area (Å²) in [5.41, 5.74) is 0. The summed E-state index contributed by atoms with van der Waals surface area (Å²) in [6.07, 6.45) is -4.45. The molecule has 7 nitrogen and oxygen atoms in total. The van der Waals surface area contributed by atoms with Crippen molar-refractivity contribution in [2.45, 2.75) is 6.11 Å². The average molecular weight is 741 g/mol. The van der Waals surface area contributed by atoms with Gasteiger partial charge in [-0.1, -0.05) is 0 Å². The first-order valence-electron chi connectivity index (χ1n) is 6.84. The van der Waals surface area contributed by atoms with Crippen LogP contribution < -0.4 is 9.84 Å². The van der Waals surface area contributed by atoms with Gasteiger partial charge in [0.25, 0.3) is 0 Å². The second-order valence-corrected chi connectivity index (χ2v) is 9.09. The van der Waals surface area contributed by atoms with Crippen molar-refractivity contribution in [2.75, 3.05) is 24.7 Å². The minimum absolute atomic E-state index is 0.119. The summed E-state index contributed by atoms with van der Waals surface area (Å²) >= 11 is 7.16. The number of hydrogen-bond donors (Lipinski definition) is 0. The third-order valence-electron chi connectivity index (χ3n) is 2.49. The Kier molecular flexibility index (Phi) is 11.0. The minimum atomic E-state index is -4.45. The fourth-order valence-corrected chi connectivity index (χ4v) is 5.79. The van der Waals surface area contributed by atoms with Crippen molar-refractivity contribution in [3.63, 3.8) is 0 Å². The topological polar surface area (TPSA) is 102 Å². The van der Waals surface area contributed by atoms with Crippen LogP contribution >= 0.6 is 79.5 Å². The molecule has 1 rings (SSSR count). The summed E-state index contributed by atoms with van der Waals surface area (Å²) in [5, 5.41) is 10.0. The molecule has 0 radical (unpaired) electrons. The molecule has 0 spiro atoms. The molecule has 0 amide bonds. The van der Waals surface area contributed by atoms with E-state index in [0.29, 0.717) is 5.75 Å². The highest BCUT2D eigenvalue weighted by Gasteiger charge is 2.32. The molecule has 27 heavy (non-hydrogen) atoms. The summed E-state index contributed by atoms with van der Waals surface area (Å²) in [6.45, 7) is -1.38. The van der Waals surface area contributed by atoms with Crippen molar-refractivity contribution in [1.82, 2.24) is 0 Å². The van der Waals surface area contributed by atoms with E-state index in [2.05, 4.69) is 32.1 Å². The average Bonchev–Trinajstić information content (AvgIpc) is 2.55. The maximum atomic E-state index is 12.5. The number of carboxylic acids is 1. The van der Waals surface area contributed by atoms with E-state index in [1.165, 1.54) is 0 Å². The van der Waals surface area contributed by atoms with Gasteiger partial charge in [-0.15, -0.1) is 11.8 Å². The van der Waals surface area contributed by atoms with Crippen molar-refractivity contribution in [1.29, 1.82) is 0 Å². The van der Waals surface area contributed by atoms with Gasteiger partial charge < -0.3 is 24.1 Å². The Hall–Kier alpha value is -0.0100. The molecule has 0 atom stereocenters. The van der Waals surface area contributed by atoms with Crippen LogP contribution in [-0.2, 0) is 23.9 Å². The van der Waals surface area contributed by atoms with Crippen LogP contribution in [0, 0.1) is 10.7 Å². The Balaban J connectivity index is 2.28. The van der Waals surface area contributed by atoms with Gasteiger partial charge in [-0.2, -0.15) is 8.78 Å². The Morgan fingerprint density at radius 2 is 1.59 bits per heavy atom. The molecule has 1 aromatic rings. The number of esters is 2. The number of carboxylic acid groups (broad SMARTS) is 1. The molecule has 0 fully saturated rings. The molecule has 0 saturated carbocycles. The SMILES string of the molecule is O=C(CSCC(=O)Oc1c(I)cc(I)cc1I)OCCOC(F)(F)C(=O)[O-]. The first-order chi connectivity index (χ1) is 12.5. The smallest absolute Gasteiger partial charge is 0.397 e. The second-order valence-electron chi connectivity index (χ2n) is 4.54. The van der Waals surface area contributed by atoms with Crippen LogP contribution in [0.4, 0.5) is 8.78 Å². The highest BCUT2D eigenvalue weighted by Crippen LogP contribution is 2.29. The Morgan fingerprint density at radius 3 is 2.15 bits per heavy atom. The van der Waals surface area contributed by atoms with Gasteiger partial charge >= 0.3 is 18.0 Å². The van der Waals surface area contributed by atoms with Gasteiger partial charge in [-0.3, -0.25) is 9.59 Å². The molecule has 1 aromatic carbocycles. The molecule has 0 aliphatic rings. The molecule has 13 heteroatoms. The zero-order valence-electron chi connectivity index (χ0n) is 13.1. The van der Waals surface area contributed by atoms with E-state index in [0.717, 1.165) is 22.5 Å². The lowest BCUT2D eigenvalue weighted by Crippen LogP contribution is -2.44. The summed E-state index contributed by atoms with van der Waals surface area (Å²) in [7, 11) is 0. The van der Waals surface area contributed by atoms with E-state index in [9.17, 15) is 28.3 Å². The summed E-state index contributed by atoms with van der Waals surface area (Å²) in [4.78, 5) is 33.3. The number of ether oxygens (including phenoxy) is 3. The van der Waals surface area contributed by atoms with Crippen LogP contribution in [0.5, 0.6) is 5.75 Å². The largest absolute Gasteiger partial charge is 0.542 e. The Morgan fingerprint density at radius 1 is 1.04 bits per heavy atom. The normalized spacial score (nSPS) is 11.1. The van der Waals surface area contributed by atoms with Gasteiger partial charge in [-0.05, 0) is 79.9 Å². The fourth-order valence-electron chi connectivity index (χ4n) is 1.41. The van der Waals surface area contributed by atoms with Crippen LogP contribution in [0.25, 0.3) is 0 Å². The molecule has 0 aliphatic carbocycles. The van der Waals surface area contributed by atoms with E-state index in [1.807, 2.05) is 57.3 Å². The van der Waals surface area contributed by atoms with Gasteiger partial charge in [0, 0.05) is 3.57 Å². The number of aliphatic carboxylic acids is 1. The first-order valence-corrected chi connectivity index (χ1v) is 11.2. The van der Waals surface area contributed by atoms with Crippen LogP contribution in [0.1, 0.15) is 0 Å². The predicted molar refractivity (Wildman–Crippen MR) is 114 cm³/mol. The number of alkyl halides is 2. The molecular weight excluding hydrogens is 731 g/mol. The standard InChI is InChI=1S/C14H11F2I3O7S/c15-14(16,13(22)23)25-2-1-24-10(20)5-27-6-11(21)26-12-8(18)3-7(17)4-9(12)19/h3-4H,1-2,5-6H2,(H,22,23)/p-1. The van der Waals surface area contributed by atoms with Gasteiger partial charge in [0.15, 0.2) is 5.75 Å². The third kappa shape index (κ3) is 9.35. The number of halogens is 5. The predicted octanol–water partition coefficient (Wildman–Crippen LogP) is 2.04. The first kappa shape index (κ1) is 25.0. The number of thioether (sulfide) groups is 1. The molecular formula is C14H10F2I3O7S-. The van der Waals surface area contributed by atoms with Crippen molar-refractivity contribution in [2.24, 2.45) is 0 Å². The second kappa shape index (κ2) is 11.9. The van der Waals surface area contributed by atoms with E-state index >= 15 is 0 Å². The van der Waals surface area contributed by atoms with E-state index in [-0.39, 0.29) is 11.5 Å². The van der Waals surface area contributed by atoms with Gasteiger partial charge in [0.1, 0.15) is 12.6 Å².